The summed E-state index contributed by atoms with van der Waals surface area (Å²) in [5, 5.41) is 0. The van der Waals surface area contributed by atoms with Crippen LogP contribution in [0.1, 0.15) is 0 Å². The highest BCUT2D eigenvalue weighted by molar-refractivity contribution is 7.88. The van der Waals surface area contributed by atoms with Gasteiger partial charge in [-0.2, -0.15) is 0 Å². The van der Waals surface area contributed by atoms with Gasteiger partial charge >= 0.3 is 0 Å². The fourth-order valence-corrected chi connectivity index (χ4v) is 1.06. The van der Waals surface area contributed by atoms with E-state index in [1.807, 2.05) is 0 Å². The van der Waals surface area contributed by atoms with E-state index in [0.717, 1.165) is 6.26 Å². The molecule has 0 aliphatic rings. The van der Waals surface area contributed by atoms with Crippen LogP contribution in [0.3, 0.4) is 0 Å². The van der Waals surface area contributed by atoms with Crippen LogP contribution in [0.4, 0.5) is 0 Å². The first kappa shape index (κ1) is 8.13. The van der Waals surface area contributed by atoms with Gasteiger partial charge in [-0.1, -0.05) is 0 Å². The molecule has 8 heavy (non-hydrogen) atoms. The first-order valence-electron chi connectivity index (χ1n) is 2.04. The fourth-order valence-electron chi connectivity index (χ4n) is 0.117. The van der Waals surface area contributed by atoms with E-state index in [1.165, 1.54) is 11.4 Å². The van der Waals surface area contributed by atoms with E-state index in [1.54, 1.807) is 0 Å². The lowest BCUT2D eigenvalue weighted by Crippen LogP contribution is -2.26. The molecule has 0 saturated carbocycles. The molecule has 3 radical (unpaired) electrons. The zero-order chi connectivity index (χ0) is 6.78. The van der Waals surface area contributed by atoms with Crippen molar-refractivity contribution >= 4 is 20.3 Å². The number of nitrogens with zero attached hydrogens (tertiary/aromatic N) is 1. The molecule has 0 N–H and O–H groups in total. The van der Waals surface area contributed by atoms with Gasteiger partial charge in [0.25, 0.3) is 0 Å². The second-order valence-electron chi connectivity index (χ2n) is 1.52. The highest BCUT2D eigenvalue weighted by Gasteiger charge is 2.05. The molecule has 0 aliphatic heterocycles. The predicted molar refractivity (Wildman–Crippen MR) is 33.2 cm³/mol. The minimum absolute atomic E-state index is 0.346. The normalized spacial score (nSPS) is 12.5. The monoisotopic (exact) mass is 150 g/mol. The molecule has 0 aromatic heterocycles. The SMILES string of the molecule is CN(C[Si])S(C)(=O)=O. The van der Waals surface area contributed by atoms with E-state index in [4.69, 9.17) is 0 Å². The van der Waals surface area contributed by atoms with Gasteiger partial charge in [0.05, 0.1) is 6.26 Å². The van der Waals surface area contributed by atoms with Gasteiger partial charge in [-0.25, -0.2) is 12.7 Å². The summed E-state index contributed by atoms with van der Waals surface area (Å²) >= 11 is 0. The third-order valence-corrected chi connectivity index (χ3v) is 2.75. The molecule has 3 nitrogen and oxygen atoms in total. The molecule has 0 atom stereocenters. The largest absolute Gasteiger partial charge is 0.213 e. The van der Waals surface area contributed by atoms with Crippen molar-refractivity contribution in [3.8, 4) is 0 Å². The molecular formula is C3H8NO2SSi. The van der Waals surface area contributed by atoms with Gasteiger partial charge in [-0.05, 0) is 6.17 Å². The zero-order valence-corrected chi connectivity index (χ0v) is 6.70. The summed E-state index contributed by atoms with van der Waals surface area (Å²) in [4.78, 5) is 0. The van der Waals surface area contributed by atoms with Crippen molar-refractivity contribution in [1.29, 1.82) is 0 Å². The maximum absolute atomic E-state index is 10.5. The third-order valence-electron chi connectivity index (χ3n) is 0.789. The number of hydrogen-bond acceptors (Lipinski definition) is 2. The summed E-state index contributed by atoms with van der Waals surface area (Å²) in [7, 11) is 1.58. The van der Waals surface area contributed by atoms with Crippen molar-refractivity contribution < 1.29 is 8.42 Å². The highest BCUT2D eigenvalue weighted by Crippen LogP contribution is 1.87. The van der Waals surface area contributed by atoms with Gasteiger partial charge in [0.1, 0.15) is 0 Å². The van der Waals surface area contributed by atoms with Gasteiger partial charge in [0.2, 0.25) is 10.0 Å². The van der Waals surface area contributed by atoms with Crippen LogP contribution in [0.5, 0.6) is 0 Å². The van der Waals surface area contributed by atoms with Crippen LogP contribution in [0.25, 0.3) is 0 Å². The molecule has 0 saturated heterocycles. The van der Waals surface area contributed by atoms with E-state index in [9.17, 15) is 8.42 Å². The Labute approximate surface area is 53.2 Å². The average molecular weight is 150 g/mol. The van der Waals surface area contributed by atoms with Crippen molar-refractivity contribution in [2.75, 3.05) is 19.5 Å². The first-order chi connectivity index (χ1) is 3.48. The highest BCUT2D eigenvalue weighted by atomic mass is 32.2. The quantitative estimate of drug-likeness (QED) is 0.474. The summed E-state index contributed by atoms with van der Waals surface area (Å²) in [5.41, 5.74) is 0. The predicted octanol–water partition coefficient (Wildman–Crippen LogP) is -0.996. The van der Waals surface area contributed by atoms with Gasteiger partial charge in [0.15, 0.2) is 0 Å². The van der Waals surface area contributed by atoms with Crippen LogP contribution in [0.15, 0.2) is 0 Å². The van der Waals surface area contributed by atoms with Crippen LogP contribution in [0, 0.1) is 0 Å². The Morgan fingerprint density at radius 1 is 1.62 bits per heavy atom. The first-order valence-corrected chi connectivity index (χ1v) is 4.60. The van der Waals surface area contributed by atoms with E-state index >= 15 is 0 Å². The molecule has 0 fully saturated rings. The van der Waals surface area contributed by atoms with Gasteiger partial charge < -0.3 is 0 Å². The Kier molecular flexibility index (Phi) is 2.65. The van der Waals surface area contributed by atoms with Crippen LogP contribution < -0.4 is 0 Å². The van der Waals surface area contributed by atoms with Gasteiger partial charge in [-0.15, -0.1) is 0 Å². The molecule has 0 unspecified atom stereocenters. The maximum Gasteiger partial charge on any atom is 0.210 e. The lowest BCUT2D eigenvalue weighted by molar-refractivity contribution is 0.517. The van der Waals surface area contributed by atoms with Gasteiger partial charge in [0, 0.05) is 17.3 Å². The summed E-state index contributed by atoms with van der Waals surface area (Å²) < 4.78 is 22.1. The minimum Gasteiger partial charge on any atom is -0.213 e. The summed E-state index contributed by atoms with van der Waals surface area (Å²) in [6.07, 6.45) is 1.51. The Morgan fingerprint density at radius 2 is 2.00 bits per heavy atom. The lowest BCUT2D eigenvalue weighted by Gasteiger charge is -2.08. The minimum atomic E-state index is -2.97. The van der Waals surface area contributed by atoms with E-state index in [-0.39, 0.29) is 0 Å². The van der Waals surface area contributed by atoms with Crippen molar-refractivity contribution in [3.63, 3.8) is 0 Å². The Hall–Kier alpha value is 0.127. The van der Waals surface area contributed by atoms with Crippen molar-refractivity contribution in [2.45, 2.75) is 0 Å². The molecule has 0 bridgehead atoms. The van der Waals surface area contributed by atoms with E-state index in [2.05, 4.69) is 10.2 Å². The average Bonchev–Trinajstić information content (AvgIpc) is 1.62. The standard InChI is InChI=1S/C3H8NO2SSi/c1-4(3-8)7(2,5)6/h3H2,1-2H3. The summed E-state index contributed by atoms with van der Waals surface area (Å²) in [6.45, 7) is 0. The van der Waals surface area contributed by atoms with Gasteiger partial charge in [-0.3, -0.25) is 0 Å². The molecule has 47 valence electrons. The molecule has 0 aromatic rings. The molecule has 5 heteroatoms. The molecule has 0 aliphatic carbocycles. The number of sulfonamides is 1. The third kappa shape index (κ3) is 2.44. The van der Waals surface area contributed by atoms with Crippen LogP contribution in [0.2, 0.25) is 0 Å². The summed E-state index contributed by atoms with van der Waals surface area (Å²) in [6, 6.07) is 0. The Bertz CT molecular complexity index is 153. The van der Waals surface area contributed by atoms with Crippen molar-refractivity contribution in [3.05, 3.63) is 0 Å². The van der Waals surface area contributed by atoms with Crippen LogP contribution in [-0.2, 0) is 10.0 Å². The van der Waals surface area contributed by atoms with Crippen LogP contribution >= 0.6 is 0 Å². The van der Waals surface area contributed by atoms with Crippen LogP contribution in [-0.4, -0.2) is 42.4 Å². The topological polar surface area (TPSA) is 37.4 Å². The molecular weight excluding hydrogens is 142 g/mol. The molecule has 0 aromatic carbocycles. The molecule has 0 amide bonds. The summed E-state index contributed by atoms with van der Waals surface area (Å²) in [5.74, 6) is 0. The molecule has 0 heterocycles. The Morgan fingerprint density at radius 3 is 2.00 bits per heavy atom. The van der Waals surface area contributed by atoms with Crippen molar-refractivity contribution in [2.24, 2.45) is 0 Å². The maximum atomic E-state index is 10.5. The zero-order valence-electron chi connectivity index (χ0n) is 4.88. The van der Waals surface area contributed by atoms with Crippen molar-refractivity contribution in [1.82, 2.24) is 4.31 Å². The molecule has 0 spiro atoms. The molecule has 0 rings (SSSR count). The second kappa shape index (κ2) is 2.61. The lowest BCUT2D eigenvalue weighted by atomic mass is 11.2. The Balaban J connectivity index is 4.04. The second-order valence-corrected chi connectivity index (χ2v) is 3.92. The number of rotatable bonds is 2. The fraction of sp³-hybridized carbons (Fsp3) is 1.00. The van der Waals surface area contributed by atoms with E-state index in [0.29, 0.717) is 6.17 Å². The van der Waals surface area contributed by atoms with E-state index < -0.39 is 10.0 Å². The smallest absolute Gasteiger partial charge is 0.210 e. The number of hydrogen-bond donors (Lipinski definition) is 0.